The second-order valence-electron chi connectivity index (χ2n) is 18.9. The van der Waals surface area contributed by atoms with E-state index < -0.39 is 17.8 Å². The molecule has 0 spiro atoms. The molecule has 9 heteroatoms. The summed E-state index contributed by atoms with van der Waals surface area (Å²) in [6.45, 7) is 19.3. The van der Waals surface area contributed by atoms with Crippen molar-refractivity contribution in [3.63, 3.8) is 0 Å². The molecule has 7 atom stereocenters. The van der Waals surface area contributed by atoms with E-state index in [4.69, 9.17) is 4.42 Å². The molecule has 3 aromatic carbocycles. The number of hydrogen-bond acceptors (Lipinski definition) is 6. The lowest BCUT2D eigenvalue weighted by molar-refractivity contribution is -0.129. The second-order valence-corrected chi connectivity index (χ2v) is 18.9. The number of carboxylic acid groups (broad SMARTS) is 1. The van der Waals surface area contributed by atoms with Crippen molar-refractivity contribution in [2.45, 2.75) is 112 Å². The van der Waals surface area contributed by atoms with Crippen LogP contribution in [0, 0.1) is 41.3 Å². The average molecular weight is 806 g/mol. The van der Waals surface area contributed by atoms with Crippen LogP contribution in [0.25, 0.3) is 22.3 Å². The summed E-state index contributed by atoms with van der Waals surface area (Å²) in [7, 11) is 0. The molecule has 1 amide bonds. The normalized spacial score (nSPS) is 24.5. The second kappa shape index (κ2) is 17.5. The molecule has 0 bridgehead atoms. The number of fused-ring (bicyclic) bond motifs is 1. The van der Waals surface area contributed by atoms with Crippen LogP contribution in [0.15, 0.2) is 63.8 Å². The predicted octanol–water partition coefficient (Wildman–Crippen LogP) is 11.5. The molecule has 8 nitrogen and oxygen atoms in total. The number of carboxylic acids is 1. The first-order valence-electron chi connectivity index (χ1n) is 22.2. The van der Waals surface area contributed by atoms with Gasteiger partial charge in [-0.2, -0.15) is 0 Å². The van der Waals surface area contributed by atoms with Gasteiger partial charge in [0.05, 0.1) is 22.7 Å². The predicted molar refractivity (Wildman–Crippen MR) is 236 cm³/mol. The molecule has 1 aliphatic heterocycles. The Hall–Kier alpha value is -4.66. The van der Waals surface area contributed by atoms with E-state index in [0.717, 1.165) is 43.2 Å². The number of halogens is 1. The van der Waals surface area contributed by atoms with Crippen molar-refractivity contribution in [3.05, 3.63) is 92.9 Å². The van der Waals surface area contributed by atoms with Gasteiger partial charge in [-0.15, -0.1) is 0 Å². The third kappa shape index (κ3) is 8.67. The molecule has 2 saturated carbocycles. The van der Waals surface area contributed by atoms with E-state index in [1.165, 1.54) is 12.5 Å². The van der Waals surface area contributed by atoms with Crippen molar-refractivity contribution >= 4 is 34.2 Å². The lowest BCUT2D eigenvalue weighted by atomic mass is 9.66. The smallest absolute Gasteiger partial charge is 0.337 e. The average Bonchev–Trinajstić information content (AvgIpc) is 3.20. The first-order chi connectivity index (χ1) is 28.1. The van der Waals surface area contributed by atoms with Gasteiger partial charge in [-0.3, -0.25) is 9.59 Å². The quantitative estimate of drug-likeness (QED) is 0.164. The molecule has 1 saturated heterocycles. The van der Waals surface area contributed by atoms with Crippen LogP contribution in [-0.2, 0) is 4.79 Å². The van der Waals surface area contributed by atoms with Crippen molar-refractivity contribution in [1.82, 2.24) is 4.90 Å². The minimum atomic E-state index is -1.03. The molecule has 59 heavy (non-hydrogen) atoms. The monoisotopic (exact) mass is 805 g/mol. The van der Waals surface area contributed by atoms with Gasteiger partial charge in [-0.25, -0.2) is 9.18 Å². The number of carbonyl (C=O) groups excluding carboxylic acids is 1. The Bertz CT molecular complexity index is 2240. The van der Waals surface area contributed by atoms with Crippen LogP contribution in [0.5, 0.6) is 0 Å². The van der Waals surface area contributed by atoms with Crippen LogP contribution in [0.3, 0.4) is 0 Å². The lowest BCUT2D eigenvalue weighted by Crippen LogP contribution is -2.48. The summed E-state index contributed by atoms with van der Waals surface area (Å²) in [5.41, 5.74) is 4.58. The molecular formula is C50H64FN3O5. The summed E-state index contributed by atoms with van der Waals surface area (Å²) in [6.07, 6.45) is 6.28. The number of anilines is 2. The first-order valence-corrected chi connectivity index (χ1v) is 22.2. The Kier molecular flexibility index (Phi) is 12.6. The van der Waals surface area contributed by atoms with Crippen molar-refractivity contribution in [2.24, 2.45) is 35.5 Å². The Morgan fingerprint density at radius 1 is 0.831 bits per heavy atom. The molecule has 2 aliphatic carbocycles. The number of amides is 1. The van der Waals surface area contributed by atoms with Gasteiger partial charge in [0.15, 0.2) is 5.43 Å². The van der Waals surface area contributed by atoms with Crippen molar-refractivity contribution < 1.29 is 23.5 Å². The number of hydrogen-bond donors (Lipinski definition) is 2. The van der Waals surface area contributed by atoms with E-state index in [9.17, 15) is 14.7 Å². The molecule has 3 fully saturated rings. The van der Waals surface area contributed by atoms with Crippen molar-refractivity contribution in [2.75, 3.05) is 36.4 Å². The number of nitrogens with one attached hydrogen (secondary N) is 1. The van der Waals surface area contributed by atoms with Gasteiger partial charge in [0.25, 0.3) is 0 Å². The highest BCUT2D eigenvalue weighted by atomic mass is 19.1. The molecule has 7 rings (SSSR count). The summed E-state index contributed by atoms with van der Waals surface area (Å²) in [5.74, 6) is 1.66. The van der Waals surface area contributed by atoms with Crippen LogP contribution in [0.4, 0.5) is 15.8 Å². The summed E-state index contributed by atoms with van der Waals surface area (Å²) < 4.78 is 23.7. The fourth-order valence-electron chi connectivity index (χ4n) is 10.8. The van der Waals surface area contributed by atoms with E-state index in [1.807, 2.05) is 24.0 Å². The highest BCUT2D eigenvalue weighted by molar-refractivity contribution is 5.94. The summed E-state index contributed by atoms with van der Waals surface area (Å²) >= 11 is 0. The number of carbonyl (C=O) groups is 2. The zero-order chi connectivity index (χ0) is 42.3. The van der Waals surface area contributed by atoms with Gasteiger partial charge in [0, 0.05) is 55.5 Å². The maximum Gasteiger partial charge on any atom is 0.337 e. The minimum absolute atomic E-state index is 0.0196. The number of para-hydroxylation sites is 1. The van der Waals surface area contributed by atoms with E-state index in [-0.39, 0.29) is 34.7 Å². The summed E-state index contributed by atoms with van der Waals surface area (Å²) in [4.78, 5) is 43.8. The number of rotatable bonds is 10. The zero-order valence-corrected chi connectivity index (χ0v) is 36.3. The van der Waals surface area contributed by atoms with Gasteiger partial charge < -0.3 is 24.6 Å². The van der Waals surface area contributed by atoms with E-state index in [1.54, 1.807) is 36.1 Å². The molecule has 2 N–H and O–H groups in total. The number of nitrogens with zero attached hydrogens (tertiary/aromatic N) is 2. The highest BCUT2D eigenvalue weighted by Crippen LogP contribution is 2.49. The molecule has 316 valence electrons. The van der Waals surface area contributed by atoms with E-state index in [0.29, 0.717) is 95.0 Å². The first kappa shape index (κ1) is 42.5. The van der Waals surface area contributed by atoms with Gasteiger partial charge >= 0.3 is 5.97 Å². The van der Waals surface area contributed by atoms with Crippen molar-refractivity contribution in [1.29, 1.82) is 0 Å². The van der Waals surface area contributed by atoms with Crippen LogP contribution >= 0.6 is 0 Å². The molecule has 1 aromatic heterocycles. The molecule has 4 aromatic rings. The Balaban J connectivity index is 1.46. The van der Waals surface area contributed by atoms with Gasteiger partial charge in [0.1, 0.15) is 17.2 Å². The summed E-state index contributed by atoms with van der Waals surface area (Å²) in [6, 6.07) is 15.9. The number of benzene rings is 3. The van der Waals surface area contributed by atoms with Crippen LogP contribution in [0.2, 0.25) is 0 Å². The van der Waals surface area contributed by atoms with Crippen LogP contribution < -0.4 is 15.6 Å². The highest BCUT2D eigenvalue weighted by Gasteiger charge is 2.38. The van der Waals surface area contributed by atoms with E-state index in [2.05, 4.69) is 59.0 Å². The summed E-state index contributed by atoms with van der Waals surface area (Å²) in [5, 5.41) is 14.1. The molecular weight excluding hydrogens is 742 g/mol. The molecule has 2 heterocycles. The zero-order valence-electron chi connectivity index (χ0n) is 36.3. The largest absolute Gasteiger partial charge is 0.478 e. The van der Waals surface area contributed by atoms with Gasteiger partial charge in [-0.1, -0.05) is 66.5 Å². The lowest BCUT2D eigenvalue weighted by Gasteiger charge is -2.39. The molecule has 0 radical (unpaired) electrons. The van der Waals surface area contributed by atoms with Crippen molar-refractivity contribution in [3.8, 4) is 11.3 Å². The minimum Gasteiger partial charge on any atom is -0.478 e. The Labute approximate surface area is 349 Å². The Morgan fingerprint density at radius 2 is 1.46 bits per heavy atom. The Morgan fingerprint density at radius 3 is 2.07 bits per heavy atom. The third-order valence-electron chi connectivity index (χ3n) is 14.2. The standard InChI is InChI=1S/C50H64FN3O5/c1-28(2)36-16-13-30(5)23-40(36)35-25-39(32(7)52-44-12-10-9-11-38(44)50(57)58)49-42(26-35)47(56)46(41-24-31(6)14-17-37(41)29(3)4)48(59-49)34-15-18-45(43(51)27-34)54-21-19-53(20-22-54)33(8)55/h9-12,15,18,25-32,36-37,40-41,52H,13-14,16-17,19-24H2,1-8H3,(H,57,58)/t30?,31?,32-,36?,37?,40?,41?/m1/s1. The number of aromatic carboxylic acids is 1. The van der Waals surface area contributed by atoms with E-state index >= 15 is 9.18 Å². The SMILES string of the molecule is CC(=O)N1CCN(c2ccc(-c3oc4c([C@@H](C)Nc5ccccc5C(=O)O)cc(C5CC(C)CCC5C(C)C)cc4c(=O)c3C3CC(C)CCC3C(C)C)cc2F)CC1. The maximum atomic E-state index is 16.5. The number of piperazine rings is 1. The van der Waals surface area contributed by atoms with Gasteiger partial charge in [0.2, 0.25) is 5.91 Å². The van der Waals surface area contributed by atoms with Crippen LogP contribution in [0.1, 0.15) is 139 Å². The maximum absolute atomic E-state index is 16.5. The third-order valence-corrected chi connectivity index (χ3v) is 14.2. The fraction of sp³-hybridized carbons (Fsp3) is 0.540. The van der Waals surface area contributed by atoms with Crippen LogP contribution in [-0.4, -0.2) is 48.1 Å². The fourth-order valence-corrected chi connectivity index (χ4v) is 10.8. The van der Waals surface area contributed by atoms with Gasteiger partial charge in [-0.05, 0) is 128 Å². The topological polar surface area (TPSA) is 103 Å². The molecule has 6 unspecified atom stereocenters. The molecule has 3 aliphatic rings.